The molecule has 1 unspecified atom stereocenters. The largest absolute Gasteiger partial charge is 0.481 e. The highest BCUT2D eigenvalue weighted by atomic mass is 79.9. The molecule has 1 rings (SSSR count). The summed E-state index contributed by atoms with van der Waals surface area (Å²) in [5.41, 5.74) is -0.501. The van der Waals surface area contributed by atoms with E-state index in [0.29, 0.717) is 5.56 Å². The van der Waals surface area contributed by atoms with E-state index in [1.54, 1.807) is 38.1 Å². The van der Waals surface area contributed by atoms with Crippen LogP contribution in [0, 0.1) is 5.82 Å². The Kier molecular flexibility index (Phi) is 4.27. The quantitative estimate of drug-likeness (QED) is 0.930. The van der Waals surface area contributed by atoms with Crippen LogP contribution in [-0.4, -0.2) is 30.1 Å². The Morgan fingerprint density at radius 2 is 2.12 bits per heavy atom. The number of nitrogens with zero attached hydrogens (tertiary/aromatic N) is 1. The maximum atomic E-state index is 13.8. The molecule has 0 spiro atoms. The van der Waals surface area contributed by atoms with Gasteiger partial charge in [0.25, 0.3) is 0 Å². The zero-order chi connectivity index (χ0) is 13.2. The van der Waals surface area contributed by atoms with Gasteiger partial charge in [0.15, 0.2) is 0 Å². The number of hydrogen-bond acceptors (Lipinski definition) is 2. The predicted molar refractivity (Wildman–Crippen MR) is 67.4 cm³/mol. The highest BCUT2D eigenvalue weighted by molar-refractivity contribution is 9.10. The lowest BCUT2D eigenvalue weighted by atomic mass is 9.87. The zero-order valence-electron chi connectivity index (χ0n) is 10.00. The van der Waals surface area contributed by atoms with Gasteiger partial charge in [0, 0.05) is 10.0 Å². The first-order chi connectivity index (χ1) is 7.77. The molecule has 94 valence electrons. The fourth-order valence-electron chi connectivity index (χ4n) is 1.70. The van der Waals surface area contributed by atoms with Crippen molar-refractivity contribution in [3.05, 3.63) is 34.1 Å². The second-order valence-corrected chi connectivity index (χ2v) is 5.28. The van der Waals surface area contributed by atoms with Crippen molar-refractivity contribution in [2.24, 2.45) is 0 Å². The van der Waals surface area contributed by atoms with Crippen molar-refractivity contribution < 1.29 is 14.3 Å². The monoisotopic (exact) mass is 303 g/mol. The van der Waals surface area contributed by atoms with E-state index in [2.05, 4.69) is 15.9 Å². The van der Waals surface area contributed by atoms with Gasteiger partial charge in [0.05, 0.1) is 12.0 Å². The number of carboxylic acids is 1. The Hall–Kier alpha value is -0.940. The topological polar surface area (TPSA) is 40.5 Å². The van der Waals surface area contributed by atoms with Crippen LogP contribution in [0.15, 0.2) is 22.7 Å². The SMILES string of the molecule is CN(C)C(C)(CC(=O)O)c1cc(Br)ccc1F. The van der Waals surface area contributed by atoms with Gasteiger partial charge < -0.3 is 5.11 Å². The Bertz CT molecular complexity index is 437. The molecule has 1 N–H and O–H groups in total. The van der Waals surface area contributed by atoms with Crippen molar-refractivity contribution in [1.82, 2.24) is 4.90 Å². The Morgan fingerprint density at radius 1 is 1.53 bits per heavy atom. The third-order valence-corrected chi connectivity index (χ3v) is 3.48. The van der Waals surface area contributed by atoms with Crippen molar-refractivity contribution in [1.29, 1.82) is 0 Å². The number of hydrogen-bond donors (Lipinski definition) is 1. The number of benzene rings is 1. The third-order valence-electron chi connectivity index (χ3n) is 2.99. The molecule has 0 aliphatic carbocycles. The smallest absolute Gasteiger partial charge is 0.305 e. The minimum absolute atomic E-state index is 0.159. The molecule has 0 fully saturated rings. The molecule has 0 heterocycles. The lowest BCUT2D eigenvalue weighted by Crippen LogP contribution is -2.41. The summed E-state index contributed by atoms with van der Waals surface area (Å²) >= 11 is 3.27. The van der Waals surface area contributed by atoms with Gasteiger partial charge in [-0.3, -0.25) is 9.69 Å². The minimum Gasteiger partial charge on any atom is -0.481 e. The van der Waals surface area contributed by atoms with Crippen LogP contribution in [0.1, 0.15) is 18.9 Å². The van der Waals surface area contributed by atoms with Crippen LogP contribution in [0.4, 0.5) is 4.39 Å². The van der Waals surface area contributed by atoms with Crippen molar-refractivity contribution in [2.75, 3.05) is 14.1 Å². The van der Waals surface area contributed by atoms with Crippen LogP contribution in [0.5, 0.6) is 0 Å². The lowest BCUT2D eigenvalue weighted by molar-refractivity contribution is -0.140. The molecular formula is C12H15BrFNO2. The summed E-state index contributed by atoms with van der Waals surface area (Å²) in [4.78, 5) is 12.6. The Labute approximate surface area is 108 Å². The summed E-state index contributed by atoms with van der Waals surface area (Å²) < 4.78 is 14.6. The zero-order valence-corrected chi connectivity index (χ0v) is 11.6. The van der Waals surface area contributed by atoms with Crippen molar-refractivity contribution >= 4 is 21.9 Å². The van der Waals surface area contributed by atoms with E-state index in [1.165, 1.54) is 6.07 Å². The fourth-order valence-corrected chi connectivity index (χ4v) is 2.06. The van der Waals surface area contributed by atoms with E-state index in [0.717, 1.165) is 4.47 Å². The summed E-state index contributed by atoms with van der Waals surface area (Å²) in [5, 5.41) is 8.96. The number of rotatable bonds is 4. The predicted octanol–water partition coefficient (Wildman–Crippen LogP) is 2.84. The third kappa shape index (κ3) is 3.04. The lowest BCUT2D eigenvalue weighted by Gasteiger charge is -2.36. The number of aliphatic carboxylic acids is 1. The first-order valence-corrected chi connectivity index (χ1v) is 5.91. The molecule has 1 aromatic rings. The fraction of sp³-hybridized carbons (Fsp3) is 0.417. The van der Waals surface area contributed by atoms with Crippen LogP contribution < -0.4 is 0 Å². The normalized spacial score (nSPS) is 14.7. The molecule has 1 atom stereocenters. The summed E-state index contributed by atoms with van der Waals surface area (Å²) in [5.74, 6) is -1.36. The first kappa shape index (κ1) is 14.1. The average molecular weight is 304 g/mol. The van der Waals surface area contributed by atoms with E-state index >= 15 is 0 Å². The van der Waals surface area contributed by atoms with E-state index < -0.39 is 17.3 Å². The Morgan fingerprint density at radius 3 is 2.59 bits per heavy atom. The van der Waals surface area contributed by atoms with Gasteiger partial charge in [-0.25, -0.2) is 4.39 Å². The summed E-state index contributed by atoms with van der Waals surface area (Å²) in [6.45, 7) is 1.71. The van der Waals surface area contributed by atoms with Crippen molar-refractivity contribution in [3.63, 3.8) is 0 Å². The van der Waals surface area contributed by atoms with Crippen molar-refractivity contribution in [3.8, 4) is 0 Å². The summed E-state index contributed by atoms with van der Waals surface area (Å²) in [6.07, 6.45) is -0.159. The van der Waals surface area contributed by atoms with Gasteiger partial charge in [0.1, 0.15) is 5.82 Å². The number of halogens is 2. The maximum Gasteiger partial charge on any atom is 0.305 e. The highest BCUT2D eigenvalue weighted by Gasteiger charge is 2.34. The highest BCUT2D eigenvalue weighted by Crippen LogP contribution is 2.33. The molecule has 0 aliphatic heterocycles. The molecule has 0 saturated carbocycles. The van der Waals surface area contributed by atoms with E-state index in [4.69, 9.17) is 5.11 Å². The van der Waals surface area contributed by atoms with Crippen LogP contribution in [0.2, 0.25) is 0 Å². The number of carbonyl (C=O) groups is 1. The summed E-state index contributed by atoms with van der Waals surface area (Å²) in [6, 6.07) is 4.55. The van der Waals surface area contributed by atoms with Gasteiger partial charge in [-0.2, -0.15) is 0 Å². The van der Waals surface area contributed by atoms with Crippen LogP contribution in [0.3, 0.4) is 0 Å². The van der Waals surface area contributed by atoms with E-state index in [1.807, 2.05) is 0 Å². The van der Waals surface area contributed by atoms with Gasteiger partial charge in [-0.1, -0.05) is 15.9 Å². The molecular weight excluding hydrogens is 289 g/mol. The second-order valence-electron chi connectivity index (χ2n) is 4.36. The van der Waals surface area contributed by atoms with Gasteiger partial charge in [0.2, 0.25) is 0 Å². The standard InChI is InChI=1S/C12H15BrFNO2/c1-12(15(2)3,7-11(16)17)9-6-8(13)4-5-10(9)14/h4-6H,7H2,1-3H3,(H,16,17). The molecule has 3 nitrogen and oxygen atoms in total. The van der Waals surface area contributed by atoms with Crippen LogP contribution in [0.25, 0.3) is 0 Å². The Balaban J connectivity index is 3.31. The average Bonchev–Trinajstić information content (AvgIpc) is 2.20. The molecule has 0 bridgehead atoms. The molecule has 1 aromatic carbocycles. The summed E-state index contributed by atoms with van der Waals surface area (Å²) in [7, 11) is 3.48. The molecule has 0 amide bonds. The second kappa shape index (κ2) is 5.14. The minimum atomic E-state index is -0.958. The van der Waals surface area contributed by atoms with Gasteiger partial charge in [-0.15, -0.1) is 0 Å². The molecule has 17 heavy (non-hydrogen) atoms. The molecule has 0 aromatic heterocycles. The van der Waals surface area contributed by atoms with E-state index in [9.17, 15) is 9.18 Å². The van der Waals surface area contributed by atoms with Gasteiger partial charge >= 0.3 is 5.97 Å². The number of carboxylic acid groups (broad SMARTS) is 1. The van der Waals surface area contributed by atoms with E-state index in [-0.39, 0.29) is 6.42 Å². The van der Waals surface area contributed by atoms with Gasteiger partial charge in [-0.05, 0) is 39.2 Å². The molecule has 0 aliphatic rings. The first-order valence-electron chi connectivity index (χ1n) is 5.12. The molecule has 5 heteroatoms. The molecule has 0 radical (unpaired) electrons. The molecule has 0 saturated heterocycles. The van der Waals surface area contributed by atoms with Crippen LogP contribution >= 0.6 is 15.9 Å². The maximum absolute atomic E-state index is 13.8. The van der Waals surface area contributed by atoms with Crippen LogP contribution in [-0.2, 0) is 10.3 Å². The van der Waals surface area contributed by atoms with Crippen molar-refractivity contribution in [2.45, 2.75) is 18.9 Å².